The van der Waals surface area contributed by atoms with Crippen molar-refractivity contribution in [1.29, 1.82) is 0 Å². The number of anilines is 1. The van der Waals surface area contributed by atoms with Crippen LogP contribution < -0.4 is 10.2 Å². The molecule has 0 saturated carbocycles. The largest absolute Gasteiger partial charge is 0.343 e. The molecule has 0 aromatic carbocycles. The average molecular weight is 235 g/mol. The van der Waals surface area contributed by atoms with Crippen LogP contribution in [0.5, 0.6) is 0 Å². The summed E-state index contributed by atoms with van der Waals surface area (Å²) < 4.78 is 0. The number of thiazole rings is 1. The normalized spacial score (nSPS) is 19.4. The Labute approximate surface area is 98.7 Å². The number of carbonyl (C=O) groups excluding carboxylic acids is 1. The van der Waals surface area contributed by atoms with Crippen molar-refractivity contribution in [2.45, 2.75) is 18.9 Å². The molecular formula is C11H13N3OS. The Morgan fingerprint density at radius 2 is 2.69 bits per heavy atom. The fraction of sp³-hybridized carbons (Fsp3) is 0.455. The second kappa shape index (κ2) is 4.99. The van der Waals surface area contributed by atoms with Crippen molar-refractivity contribution >= 4 is 22.4 Å². The van der Waals surface area contributed by atoms with Crippen LogP contribution in [0.3, 0.4) is 0 Å². The van der Waals surface area contributed by atoms with Crippen molar-refractivity contribution in [3.63, 3.8) is 0 Å². The highest BCUT2D eigenvalue weighted by Crippen LogP contribution is 2.26. The first-order chi connectivity index (χ1) is 7.81. The van der Waals surface area contributed by atoms with Crippen LogP contribution in [-0.2, 0) is 4.79 Å². The molecule has 0 bridgehead atoms. The van der Waals surface area contributed by atoms with E-state index in [4.69, 9.17) is 6.42 Å². The summed E-state index contributed by atoms with van der Waals surface area (Å²) in [5.74, 6) is 1.72. The van der Waals surface area contributed by atoms with Crippen molar-refractivity contribution in [3.8, 4) is 12.3 Å². The van der Waals surface area contributed by atoms with Crippen LogP contribution in [0.15, 0.2) is 11.6 Å². The van der Waals surface area contributed by atoms with E-state index in [1.54, 1.807) is 17.5 Å². The number of amides is 1. The van der Waals surface area contributed by atoms with Gasteiger partial charge in [-0.3, -0.25) is 4.79 Å². The highest BCUT2D eigenvalue weighted by atomic mass is 32.1. The highest BCUT2D eigenvalue weighted by molar-refractivity contribution is 7.13. The molecule has 1 aromatic rings. The first-order valence-electron chi connectivity index (χ1n) is 5.22. The molecule has 1 saturated heterocycles. The summed E-state index contributed by atoms with van der Waals surface area (Å²) in [5.41, 5.74) is 0. The number of rotatable bonds is 3. The zero-order valence-electron chi connectivity index (χ0n) is 8.85. The number of nitrogens with zero attached hydrogens (tertiary/aromatic N) is 2. The summed E-state index contributed by atoms with van der Waals surface area (Å²) in [6, 6.07) is 0.323. The Bertz CT molecular complexity index is 396. The van der Waals surface area contributed by atoms with Crippen molar-refractivity contribution in [3.05, 3.63) is 11.6 Å². The number of terminal acetylenes is 1. The molecule has 1 aliphatic heterocycles. The van der Waals surface area contributed by atoms with Crippen molar-refractivity contribution in [2.24, 2.45) is 0 Å². The monoisotopic (exact) mass is 235 g/mol. The van der Waals surface area contributed by atoms with Crippen molar-refractivity contribution in [2.75, 3.05) is 18.0 Å². The summed E-state index contributed by atoms with van der Waals surface area (Å²) in [6.45, 7) is 1.60. The molecular weight excluding hydrogens is 222 g/mol. The van der Waals surface area contributed by atoms with Gasteiger partial charge in [0, 0.05) is 30.7 Å². The van der Waals surface area contributed by atoms with E-state index in [-0.39, 0.29) is 5.91 Å². The molecule has 1 N–H and O–H groups in total. The minimum atomic E-state index is -0.342. The van der Waals surface area contributed by atoms with Crippen LogP contribution >= 0.6 is 11.3 Å². The average Bonchev–Trinajstić information content (AvgIpc) is 2.95. The summed E-state index contributed by atoms with van der Waals surface area (Å²) >= 11 is 1.63. The van der Waals surface area contributed by atoms with Crippen LogP contribution in [0, 0.1) is 12.3 Å². The lowest BCUT2D eigenvalue weighted by Gasteiger charge is -2.23. The molecule has 1 aliphatic rings. The van der Waals surface area contributed by atoms with Gasteiger partial charge in [0.2, 0.25) is 0 Å². The predicted molar refractivity (Wildman–Crippen MR) is 64.3 cm³/mol. The fourth-order valence-corrected chi connectivity index (χ4v) is 2.66. The van der Waals surface area contributed by atoms with Crippen LogP contribution in [0.2, 0.25) is 0 Å². The van der Waals surface area contributed by atoms with Gasteiger partial charge in [-0.25, -0.2) is 4.98 Å². The molecule has 0 spiro atoms. The van der Waals surface area contributed by atoms with Gasteiger partial charge in [0.25, 0.3) is 5.91 Å². The second-order valence-electron chi connectivity index (χ2n) is 3.66. The SMILES string of the molecule is C#CC(=O)NCC1CCCN1c1nccs1. The van der Waals surface area contributed by atoms with Crippen molar-refractivity contribution in [1.82, 2.24) is 10.3 Å². The summed E-state index contributed by atoms with van der Waals surface area (Å²) in [7, 11) is 0. The maximum Gasteiger partial charge on any atom is 0.295 e. The molecule has 2 rings (SSSR count). The minimum absolute atomic E-state index is 0.323. The molecule has 1 aromatic heterocycles. The van der Waals surface area contributed by atoms with E-state index in [1.165, 1.54) is 0 Å². The Kier molecular flexibility index (Phi) is 3.42. The Morgan fingerprint density at radius 1 is 1.81 bits per heavy atom. The summed E-state index contributed by atoms with van der Waals surface area (Å²) in [5, 5.41) is 5.71. The molecule has 84 valence electrons. The summed E-state index contributed by atoms with van der Waals surface area (Å²) in [6.07, 6.45) is 9.01. The van der Waals surface area contributed by atoms with Crippen LogP contribution in [-0.4, -0.2) is 30.0 Å². The third-order valence-electron chi connectivity index (χ3n) is 2.67. The first-order valence-corrected chi connectivity index (χ1v) is 6.10. The van der Waals surface area contributed by atoms with Gasteiger partial charge < -0.3 is 10.2 Å². The fourth-order valence-electron chi connectivity index (χ4n) is 1.92. The maximum absolute atomic E-state index is 11.0. The first kappa shape index (κ1) is 11.0. The van der Waals surface area contributed by atoms with Crippen LogP contribution in [0.4, 0.5) is 5.13 Å². The van der Waals surface area contributed by atoms with Gasteiger partial charge in [-0.05, 0) is 18.8 Å². The standard InChI is InChI=1S/C11H13N3OS/c1-2-10(15)13-8-9-4-3-6-14(9)11-12-5-7-16-11/h1,5,7,9H,3-4,6,8H2,(H,13,15). The maximum atomic E-state index is 11.0. The molecule has 16 heavy (non-hydrogen) atoms. The van der Waals surface area contributed by atoms with Gasteiger partial charge in [-0.2, -0.15) is 0 Å². The van der Waals surface area contributed by atoms with E-state index in [9.17, 15) is 4.79 Å². The quantitative estimate of drug-likeness (QED) is 0.790. The van der Waals surface area contributed by atoms with Gasteiger partial charge in [0.15, 0.2) is 5.13 Å². The lowest BCUT2D eigenvalue weighted by molar-refractivity contribution is -0.115. The van der Waals surface area contributed by atoms with Crippen molar-refractivity contribution < 1.29 is 4.79 Å². The zero-order valence-corrected chi connectivity index (χ0v) is 9.67. The lowest BCUT2D eigenvalue weighted by Crippen LogP contribution is -2.39. The predicted octanol–water partition coefficient (Wildman–Crippen LogP) is 0.861. The molecule has 1 fully saturated rings. The topological polar surface area (TPSA) is 45.2 Å². The molecule has 1 unspecified atom stereocenters. The number of hydrogen-bond acceptors (Lipinski definition) is 4. The third kappa shape index (κ3) is 2.34. The van der Waals surface area contributed by atoms with E-state index in [0.29, 0.717) is 12.6 Å². The van der Waals surface area contributed by atoms with Gasteiger partial charge in [0.1, 0.15) is 0 Å². The highest BCUT2D eigenvalue weighted by Gasteiger charge is 2.26. The van der Waals surface area contributed by atoms with E-state index >= 15 is 0 Å². The van der Waals surface area contributed by atoms with E-state index in [2.05, 4.69) is 21.1 Å². The van der Waals surface area contributed by atoms with E-state index < -0.39 is 0 Å². The lowest BCUT2D eigenvalue weighted by atomic mass is 10.2. The van der Waals surface area contributed by atoms with Gasteiger partial charge in [-0.1, -0.05) is 0 Å². The van der Waals surface area contributed by atoms with Crippen LogP contribution in [0.1, 0.15) is 12.8 Å². The van der Waals surface area contributed by atoms with Gasteiger partial charge in [0.05, 0.1) is 0 Å². The number of carbonyl (C=O) groups is 1. The Balaban J connectivity index is 1.94. The van der Waals surface area contributed by atoms with Crippen LogP contribution in [0.25, 0.3) is 0 Å². The molecule has 0 aliphatic carbocycles. The van der Waals surface area contributed by atoms with E-state index in [0.717, 1.165) is 24.5 Å². The smallest absolute Gasteiger partial charge is 0.295 e. The Hall–Kier alpha value is -1.54. The summed E-state index contributed by atoms with van der Waals surface area (Å²) in [4.78, 5) is 17.5. The second-order valence-corrected chi connectivity index (χ2v) is 4.53. The zero-order chi connectivity index (χ0) is 11.4. The number of aromatic nitrogens is 1. The number of nitrogens with one attached hydrogen (secondary N) is 1. The molecule has 5 heteroatoms. The minimum Gasteiger partial charge on any atom is -0.343 e. The molecule has 1 atom stereocenters. The van der Waals surface area contributed by atoms with E-state index in [1.807, 2.05) is 5.38 Å². The van der Waals surface area contributed by atoms with Gasteiger partial charge in [-0.15, -0.1) is 17.8 Å². The number of hydrogen-bond donors (Lipinski definition) is 1. The molecule has 0 radical (unpaired) electrons. The molecule has 2 heterocycles. The Morgan fingerprint density at radius 3 is 3.38 bits per heavy atom. The molecule has 1 amide bonds. The van der Waals surface area contributed by atoms with Gasteiger partial charge >= 0.3 is 0 Å². The third-order valence-corrected chi connectivity index (χ3v) is 3.48. The molecule has 4 nitrogen and oxygen atoms in total.